The molecule has 0 bridgehead atoms. The summed E-state index contributed by atoms with van der Waals surface area (Å²) in [5.74, 6) is 2.32. The van der Waals surface area contributed by atoms with Gasteiger partial charge in [0.1, 0.15) is 0 Å². The predicted molar refractivity (Wildman–Crippen MR) is 80.5 cm³/mol. The first-order valence-corrected chi connectivity index (χ1v) is 8.19. The predicted octanol–water partition coefficient (Wildman–Crippen LogP) is 5.22. The number of allylic oxidation sites excluding steroid dienone is 3. The van der Waals surface area contributed by atoms with E-state index in [9.17, 15) is 0 Å². The topological polar surface area (TPSA) is 0 Å². The van der Waals surface area contributed by atoms with Crippen LogP contribution in [0.1, 0.15) is 51.4 Å². The van der Waals surface area contributed by atoms with E-state index in [-0.39, 0.29) is 0 Å². The molecule has 0 saturated carbocycles. The van der Waals surface area contributed by atoms with E-state index in [1.807, 2.05) is 11.8 Å². The Hall–Kier alpha value is 0.180. The van der Waals surface area contributed by atoms with Gasteiger partial charge in [-0.3, -0.25) is 0 Å². The van der Waals surface area contributed by atoms with Crippen LogP contribution in [0.5, 0.6) is 0 Å². The van der Waals surface area contributed by atoms with Crippen molar-refractivity contribution in [2.24, 2.45) is 0 Å². The van der Waals surface area contributed by atoms with Gasteiger partial charge in [0.05, 0.1) is 0 Å². The third kappa shape index (κ3) is 7.45. The zero-order valence-corrected chi connectivity index (χ0v) is 11.9. The van der Waals surface area contributed by atoms with Gasteiger partial charge in [0.25, 0.3) is 0 Å². The summed E-state index contributed by atoms with van der Waals surface area (Å²) in [6, 6.07) is 0. The molecule has 16 heavy (non-hydrogen) atoms. The lowest BCUT2D eigenvalue weighted by Gasteiger charge is -2.07. The molecule has 1 rings (SSSR count). The highest BCUT2D eigenvalue weighted by Crippen LogP contribution is 2.19. The quantitative estimate of drug-likeness (QED) is 0.458. The Kier molecular flexibility index (Phi) is 9.20. The fraction of sp³-hybridized carbons (Fsp3) is 0.714. The van der Waals surface area contributed by atoms with Gasteiger partial charge in [0, 0.05) is 0 Å². The molecular formula is C14H24S2. The van der Waals surface area contributed by atoms with E-state index in [1.54, 1.807) is 5.57 Å². The van der Waals surface area contributed by atoms with Crippen molar-refractivity contribution in [1.29, 1.82) is 0 Å². The van der Waals surface area contributed by atoms with Crippen LogP contribution >= 0.6 is 24.4 Å². The Morgan fingerprint density at radius 1 is 1.19 bits per heavy atom. The molecule has 92 valence electrons. The summed E-state index contributed by atoms with van der Waals surface area (Å²) in [5, 5.41) is 2.29. The average Bonchev–Trinajstić information content (AvgIpc) is 2.34. The van der Waals surface area contributed by atoms with Crippen molar-refractivity contribution in [3.05, 3.63) is 23.1 Å². The first kappa shape index (κ1) is 14.2. The summed E-state index contributed by atoms with van der Waals surface area (Å²) in [6.45, 7) is 0. The van der Waals surface area contributed by atoms with Gasteiger partial charge < -0.3 is 0 Å². The standard InChI is InChI=1S/C14H24S2/c15-11-6-1-2-7-12-16-13-10-14-8-4-3-5-9-14/h8,10,13,15H,1-7,9,11-12H2/b13-10-. The Morgan fingerprint density at radius 3 is 2.81 bits per heavy atom. The smallest absolute Gasteiger partial charge is 0.00260 e. The second kappa shape index (κ2) is 10.3. The lowest BCUT2D eigenvalue weighted by atomic mass is 10.0. The molecule has 0 saturated heterocycles. The third-order valence-electron chi connectivity index (χ3n) is 2.87. The lowest BCUT2D eigenvalue weighted by molar-refractivity contribution is 0.711. The van der Waals surface area contributed by atoms with Gasteiger partial charge in [-0.05, 0) is 55.4 Å². The molecule has 0 aromatic heterocycles. The first-order chi connectivity index (χ1) is 7.93. The van der Waals surface area contributed by atoms with Gasteiger partial charge in [0.2, 0.25) is 0 Å². The summed E-state index contributed by atoms with van der Waals surface area (Å²) in [7, 11) is 0. The van der Waals surface area contributed by atoms with Crippen molar-refractivity contribution in [2.75, 3.05) is 11.5 Å². The van der Waals surface area contributed by atoms with E-state index < -0.39 is 0 Å². The van der Waals surface area contributed by atoms with E-state index in [0.717, 1.165) is 5.75 Å². The maximum absolute atomic E-state index is 4.22. The lowest BCUT2D eigenvalue weighted by Crippen LogP contribution is -1.87. The zero-order valence-electron chi connectivity index (χ0n) is 10.2. The molecule has 0 amide bonds. The van der Waals surface area contributed by atoms with Crippen molar-refractivity contribution >= 4 is 24.4 Å². The second-order valence-corrected chi connectivity index (χ2v) is 5.80. The zero-order chi connectivity index (χ0) is 11.5. The largest absolute Gasteiger partial charge is 0.179 e. The molecule has 0 heterocycles. The van der Waals surface area contributed by atoms with Gasteiger partial charge in [-0.1, -0.05) is 30.6 Å². The monoisotopic (exact) mass is 256 g/mol. The average molecular weight is 256 g/mol. The van der Waals surface area contributed by atoms with Gasteiger partial charge in [-0.2, -0.15) is 12.6 Å². The van der Waals surface area contributed by atoms with E-state index >= 15 is 0 Å². The molecular weight excluding hydrogens is 232 g/mol. The molecule has 0 aromatic carbocycles. The van der Waals surface area contributed by atoms with E-state index in [1.165, 1.54) is 57.1 Å². The minimum absolute atomic E-state index is 1.04. The second-order valence-electron chi connectivity index (χ2n) is 4.34. The van der Waals surface area contributed by atoms with Crippen molar-refractivity contribution in [3.63, 3.8) is 0 Å². The molecule has 1 aliphatic rings. The van der Waals surface area contributed by atoms with Crippen LogP contribution in [0.25, 0.3) is 0 Å². The molecule has 1 aliphatic carbocycles. The van der Waals surface area contributed by atoms with Gasteiger partial charge in [0.15, 0.2) is 0 Å². The Bertz CT molecular complexity index is 219. The van der Waals surface area contributed by atoms with Crippen LogP contribution in [-0.4, -0.2) is 11.5 Å². The van der Waals surface area contributed by atoms with Crippen molar-refractivity contribution in [3.8, 4) is 0 Å². The minimum Gasteiger partial charge on any atom is -0.179 e. The summed E-state index contributed by atoms with van der Waals surface area (Å²) in [6.07, 6.45) is 15.4. The fourth-order valence-electron chi connectivity index (χ4n) is 1.87. The molecule has 0 fully saturated rings. The molecule has 0 atom stereocenters. The maximum atomic E-state index is 4.22. The van der Waals surface area contributed by atoms with Crippen molar-refractivity contribution < 1.29 is 0 Å². The van der Waals surface area contributed by atoms with Crippen LogP contribution < -0.4 is 0 Å². The van der Waals surface area contributed by atoms with Crippen LogP contribution in [0.4, 0.5) is 0 Å². The van der Waals surface area contributed by atoms with Crippen LogP contribution in [-0.2, 0) is 0 Å². The van der Waals surface area contributed by atoms with Gasteiger partial charge in [-0.25, -0.2) is 0 Å². The van der Waals surface area contributed by atoms with Crippen molar-refractivity contribution in [2.45, 2.75) is 51.4 Å². The van der Waals surface area contributed by atoms with Crippen LogP contribution in [0.3, 0.4) is 0 Å². The number of thiol groups is 1. The maximum Gasteiger partial charge on any atom is -0.00260 e. The number of rotatable bonds is 8. The Labute approximate surface area is 110 Å². The summed E-state index contributed by atoms with van der Waals surface area (Å²) in [5.41, 5.74) is 1.55. The van der Waals surface area contributed by atoms with Gasteiger partial charge >= 0.3 is 0 Å². The normalized spacial score (nSPS) is 16.7. The molecule has 0 spiro atoms. The van der Waals surface area contributed by atoms with Crippen LogP contribution in [0, 0.1) is 0 Å². The molecule has 0 unspecified atom stereocenters. The highest BCUT2D eigenvalue weighted by molar-refractivity contribution is 8.02. The Balaban J connectivity index is 1.93. The molecule has 0 radical (unpaired) electrons. The SMILES string of the molecule is SCCCCCCS/C=C\C1=CCCCC1. The van der Waals surface area contributed by atoms with E-state index in [2.05, 4.69) is 30.2 Å². The van der Waals surface area contributed by atoms with Crippen LogP contribution in [0.15, 0.2) is 23.1 Å². The number of hydrogen-bond donors (Lipinski definition) is 1. The summed E-state index contributed by atoms with van der Waals surface area (Å²) >= 11 is 6.18. The number of hydrogen-bond acceptors (Lipinski definition) is 2. The highest BCUT2D eigenvalue weighted by atomic mass is 32.2. The molecule has 0 aliphatic heterocycles. The van der Waals surface area contributed by atoms with Crippen LogP contribution in [0.2, 0.25) is 0 Å². The first-order valence-electron chi connectivity index (χ1n) is 6.51. The van der Waals surface area contributed by atoms with Gasteiger partial charge in [-0.15, -0.1) is 11.8 Å². The molecule has 0 aromatic rings. The third-order valence-corrected chi connectivity index (χ3v) is 4.04. The molecule has 0 N–H and O–H groups in total. The number of unbranched alkanes of at least 4 members (excludes halogenated alkanes) is 3. The molecule has 2 heteroatoms. The number of thioether (sulfide) groups is 1. The fourth-order valence-corrected chi connectivity index (χ4v) is 2.87. The Morgan fingerprint density at radius 2 is 2.06 bits per heavy atom. The minimum atomic E-state index is 1.04. The highest BCUT2D eigenvalue weighted by Gasteiger charge is 1.98. The van der Waals surface area contributed by atoms with E-state index in [0.29, 0.717) is 0 Å². The summed E-state index contributed by atoms with van der Waals surface area (Å²) in [4.78, 5) is 0. The summed E-state index contributed by atoms with van der Waals surface area (Å²) < 4.78 is 0. The van der Waals surface area contributed by atoms with Crippen molar-refractivity contribution in [1.82, 2.24) is 0 Å². The molecule has 0 nitrogen and oxygen atoms in total. The van der Waals surface area contributed by atoms with E-state index in [4.69, 9.17) is 0 Å².